The number of hydrogen-bond acceptors (Lipinski definition) is 2. The second-order valence-electron chi connectivity index (χ2n) is 8.73. The standard InChI is InChI=1S/C22H28Br2O2/c1-3-5-9-15-13-22(24)19(10-6-4-2)14-16(23)20(18(19)26)11-7-8-12-21(20,22)17(15)25/h13-14H,3-12H2,1-2H3/t19-,20+,21+,22+/m0/s1. The van der Waals surface area contributed by atoms with Gasteiger partial charge < -0.3 is 0 Å². The highest BCUT2D eigenvalue weighted by molar-refractivity contribution is 9.11. The van der Waals surface area contributed by atoms with Crippen LogP contribution in [-0.4, -0.2) is 15.9 Å². The van der Waals surface area contributed by atoms with Gasteiger partial charge in [0.2, 0.25) is 0 Å². The summed E-state index contributed by atoms with van der Waals surface area (Å²) >= 11 is 7.90. The van der Waals surface area contributed by atoms with Crippen LogP contribution in [0.15, 0.2) is 22.2 Å². The molecule has 2 saturated carbocycles. The van der Waals surface area contributed by atoms with Gasteiger partial charge in [0.25, 0.3) is 0 Å². The lowest BCUT2D eigenvalue weighted by molar-refractivity contribution is -0.140. The summed E-state index contributed by atoms with van der Waals surface area (Å²) in [5, 5.41) is 0. The van der Waals surface area contributed by atoms with Crippen molar-refractivity contribution in [3.63, 3.8) is 0 Å². The van der Waals surface area contributed by atoms with Crippen LogP contribution < -0.4 is 0 Å². The summed E-state index contributed by atoms with van der Waals surface area (Å²) in [4.78, 5) is 27.8. The Kier molecular flexibility index (Phi) is 4.51. The van der Waals surface area contributed by atoms with Crippen molar-refractivity contribution in [2.24, 2.45) is 16.2 Å². The maximum atomic E-state index is 13.9. The Morgan fingerprint density at radius 3 is 2.42 bits per heavy atom. The highest BCUT2D eigenvalue weighted by atomic mass is 79.9. The van der Waals surface area contributed by atoms with Crippen molar-refractivity contribution < 1.29 is 9.59 Å². The van der Waals surface area contributed by atoms with Gasteiger partial charge in [0.1, 0.15) is 0 Å². The Bertz CT molecular complexity index is 738. The molecule has 0 aromatic carbocycles. The van der Waals surface area contributed by atoms with E-state index in [0.717, 1.165) is 74.3 Å². The van der Waals surface area contributed by atoms with E-state index in [2.05, 4.69) is 57.9 Å². The molecule has 4 rings (SSSR count). The number of rotatable bonds is 6. The van der Waals surface area contributed by atoms with Gasteiger partial charge in [-0.25, -0.2) is 0 Å². The number of carbonyl (C=O) groups excluding carboxylic acids is 2. The molecular formula is C22H28Br2O2. The highest BCUT2D eigenvalue weighted by Gasteiger charge is 2.87. The third kappa shape index (κ3) is 1.80. The zero-order valence-corrected chi connectivity index (χ0v) is 19.0. The lowest BCUT2D eigenvalue weighted by atomic mass is 9.52. The third-order valence-electron chi connectivity index (χ3n) is 7.70. The predicted octanol–water partition coefficient (Wildman–Crippen LogP) is 6.42. The van der Waals surface area contributed by atoms with Gasteiger partial charge in [0, 0.05) is 4.48 Å². The van der Waals surface area contributed by atoms with Crippen LogP contribution in [-0.2, 0) is 9.59 Å². The molecule has 0 aliphatic heterocycles. The summed E-state index contributed by atoms with van der Waals surface area (Å²) in [6.07, 6.45) is 13.9. The summed E-state index contributed by atoms with van der Waals surface area (Å²) in [5.41, 5.74) is -0.849. The van der Waals surface area contributed by atoms with Gasteiger partial charge in [0.05, 0.1) is 20.6 Å². The molecule has 142 valence electrons. The molecule has 0 aromatic heterocycles. The molecule has 0 saturated heterocycles. The number of ketones is 2. The Labute approximate surface area is 173 Å². The average molecular weight is 484 g/mol. The topological polar surface area (TPSA) is 34.1 Å². The van der Waals surface area contributed by atoms with Crippen LogP contribution in [0.3, 0.4) is 0 Å². The molecule has 4 aliphatic carbocycles. The summed E-state index contributed by atoms with van der Waals surface area (Å²) in [7, 11) is 0. The molecule has 2 bridgehead atoms. The Morgan fingerprint density at radius 1 is 1.04 bits per heavy atom. The molecule has 0 unspecified atom stereocenters. The van der Waals surface area contributed by atoms with Gasteiger partial charge in [-0.05, 0) is 37.7 Å². The van der Waals surface area contributed by atoms with E-state index in [-0.39, 0.29) is 5.78 Å². The Balaban J connectivity index is 1.94. The molecule has 26 heavy (non-hydrogen) atoms. The molecular weight excluding hydrogens is 456 g/mol. The van der Waals surface area contributed by atoms with Crippen molar-refractivity contribution in [1.29, 1.82) is 0 Å². The van der Waals surface area contributed by atoms with Crippen molar-refractivity contribution in [3.8, 4) is 0 Å². The average Bonchev–Trinajstić information content (AvgIpc) is 3.04. The van der Waals surface area contributed by atoms with E-state index < -0.39 is 20.6 Å². The van der Waals surface area contributed by atoms with E-state index in [1.54, 1.807) is 0 Å². The molecule has 0 radical (unpaired) electrons. The summed E-state index contributed by atoms with van der Waals surface area (Å²) in [6.45, 7) is 4.34. The molecule has 0 amide bonds. The van der Waals surface area contributed by atoms with Crippen molar-refractivity contribution in [2.45, 2.75) is 82.4 Å². The lowest BCUT2D eigenvalue weighted by Crippen LogP contribution is -2.57. The number of Topliss-reactive ketones (excluding diaryl/α,β-unsaturated/α-hetero) is 2. The smallest absolute Gasteiger partial charge is 0.167 e. The summed E-state index contributed by atoms with van der Waals surface area (Å²) in [5.74, 6) is 0.570. The first-order valence-electron chi connectivity index (χ1n) is 10.3. The normalized spacial score (nSPS) is 43.4. The number of alkyl halides is 1. The van der Waals surface area contributed by atoms with Crippen molar-refractivity contribution in [3.05, 3.63) is 22.2 Å². The Morgan fingerprint density at radius 2 is 1.73 bits per heavy atom. The van der Waals surface area contributed by atoms with Crippen LogP contribution in [0.2, 0.25) is 0 Å². The molecule has 0 heterocycles. The second kappa shape index (κ2) is 6.14. The van der Waals surface area contributed by atoms with Crippen LogP contribution in [0.1, 0.15) is 78.1 Å². The molecule has 4 heteroatoms. The number of allylic oxidation sites excluding steroid dienone is 4. The number of halogens is 2. The molecule has 2 fully saturated rings. The fourth-order valence-corrected chi connectivity index (χ4v) is 9.15. The molecule has 4 atom stereocenters. The van der Waals surface area contributed by atoms with E-state index in [9.17, 15) is 9.59 Å². The van der Waals surface area contributed by atoms with Crippen LogP contribution in [0.4, 0.5) is 0 Å². The van der Waals surface area contributed by atoms with Crippen molar-refractivity contribution in [1.82, 2.24) is 0 Å². The summed E-state index contributed by atoms with van der Waals surface area (Å²) in [6, 6.07) is 0. The SMILES string of the molecule is CCCCC1=C[C@]2(Br)[C@]3(CCCC[C@@]34C(=O)[C@]2(CCCC)C=C4Br)C1=O. The van der Waals surface area contributed by atoms with Gasteiger partial charge in [-0.15, -0.1) is 0 Å². The number of fused-ring (bicyclic) bond motifs is 2. The zero-order chi connectivity index (χ0) is 18.8. The van der Waals surface area contributed by atoms with E-state index in [1.807, 2.05) is 0 Å². The first kappa shape index (κ1) is 19.1. The lowest BCUT2D eigenvalue weighted by Gasteiger charge is -2.53. The van der Waals surface area contributed by atoms with Gasteiger partial charge in [-0.2, -0.15) is 0 Å². The highest BCUT2D eigenvalue weighted by Crippen LogP contribution is 2.82. The largest absolute Gasteiger partial charge is 0.298 e. The maximum Gasteiger partial charge on any atom is 0.167 e. The van der Waals surface area contributed by atoms with E-state index in [4.69, 9.17) is 0 Å². The van der Waals surface area contributed by atoms with Gasteiger partial charge in [-0.1, -0.05) is 90.0 Å². The quantitative estimate of drug-likeness (QED) is 0.408. The minimum absolute atomic E-state index is 0.263. The zero-order valence-electron chi connectivity index (χ0n) is 15.8. The van der Waals surface area contributed by atoms with Crippen LogP contribution in [0, 0.1) is 16.2 Å². The fourth-order valence-electron chi connectivity index (χ4n) is 6.56. The molecule has 2 spiro atoms. The Hall–Kier alpha value is -0.220. The van der Waals surface area contributed by atoms with Crippen molar-refractivity contribution >= 4 is 43.4 Å². The summed E-state index contributed by atoms with van der Waals surface area (Å²) < 4.78 is 0.469. The van der Waals surface area contributed by atoms with E-state index in [0.29, 0.717) is 5.78 Å². The fraction of sp³-hybridized carbons (Fsp3) is 0.727. The minimum atomic E-state index is -0.635. The molecule has 4 aliphatic rings. The van der Waals surface area contributed by atoms with Crippen LogP contribution in [0.5, 0.6) is 0 Å². The first-order valence-corrected chi connectivity index (χ1v) is 11.9. The number of carbonyl (C=O) groups is 2. The van der Waals surface area contributed by atoms with E-state index >= 15 is 0 Å². The van der Waals surface area contributed by atoms with Crippen LogP contribution in [0.25, 0.3) is 0 Å². The second-order valence-corrected chi connectivity index (χ2v) is 10.8. The minimum Gasteiger partial charge on any atom is -0.298 e. The van der Waals surface area contributed by atoms with E-state index in [1.165, 1.54) is 0 Å². The predicted molar refractivity (Wildman–Crippen MR) is 112 cm³/mol. The van der Waals surface area contributed by atoms with Crippen LogP contribution >= 0.6 is 31.9 Å². The third-order valence-corrected chi connectivity index (χ3v) is 10.2. The number of unbranched alkanes of at least 4 members (excludes halogenated alkanes) is 2. The maximum absolute atomic E-state index is 13.9. The molecule has 2 nitrogen and oxygen atoms in total. The van der Waals surface area contributed by atoms with Gasteiger partial charge >= 0.3 is 0 Å². The van der Waals surface area contributed by atoms with Crippen molar-refractivity contribution in [2.75, 3.05) is 0 Å². The monoisotopic (exact) mass is 482 g/mol. The van der Waals surface area contributed by atoms with Gasteiger partial charge in [-0.3, -0.25) is 9.59 Å². The molecule has 0 N–H and O–H groups in total. The van der Waals surface area contributed by atoms with Gasteiger partial charge in [0.15, 0.2) is 11.6 Å². The molecule has 0 aromatic rings. The first-order chi connectivity index (χ1) is 12.4. The number of hydrogen-bond donors (Lipinski definition) is 0.